The molecular weight excluding hydrogens is 338 g/mol. The number of rotatable bonds is 16. The van der Waals surface area contributed by atoms with Crippen LogP contribution in [0.3, 0.4) is 0 Å². The molecule has 0 saturated carbocycles. The number of ether oxygens (including phenoxy) is 1. The van der Waals surface area contributed by atoms with Crippen LogP contribution in [0.5, 0.6) is 0 Å². The van der Waals surface area contributed by atoms with E-state index in [0.29, 0.717) is 31.7 Å². The molecule has 0 spiro atoms. The molecule has 1 aliphatic rings. The molecule has 0 bridgehead atoms. The topological polar surface area (TPSA) is 55.4 Å². The van der Waals surface area contributed by atoms with Crippen LogP contribution in [0.1, 0.15) is 77.6 Å². The number of allylic oxidation sites excluding steroid dienone is 3. The highest BCUT2D eigenvalue weighted by Crippen LogP contribution is 2.20. The summed E-state index contributed by atoms with van der Waals surface area (Å²) in [7, 11) is 0. The van der Waals surface area contributed by atoms with E-state index in [1.807, 2.05) is 13.0 Å². The summed E-state index contributed by atoms with van der Waals surface area (Å²) in [5.74, 6) is 1.14. The average Bonchev–Trinajstić information content (AvgIpc) is 2.68. The fourth-order valence-corrected chi connectivity index (χ4v) is 3.82. The third-order valence-corrected chi connectivity index (χ3v) is 5.41. The van der Waals surface area contributed by atoms with Gasteiger partial charge in [-0.2, -0.15) is 0 Å². The standard InChI is InChI=1S/C23H39NO3/c1-3-10-22(17-20(2)11-9-16-27-19-25)23(26)14-7-5-4-6-12-21-13-8-15-24-18-21/h3,17,19,21-22,24H,1,4-16,18H2,2H3/b20-17+. The van der Waals surface area contributed by atoms with Crippen molar-refractivity contribution in [3.63, 3.8) is 0 Å². The highest BCUT2D eigenvalue weighted by molar-refractivity contribution is 5.82. The van der Waals surface area contributed by atoms with Crippen molar-refractivity contribution in [2.24, 2.45) is 11.8 Å². The first-order valence-electron chi connectivity index (χ1n) is 10.7. The lowest BCUT2D eigenvalue weighted by Gasteiger charge is -2.22. The van der Waals surface area contributed by atoms with E-state index in [1.165, 1.54) is 50.8 Å². The molecule has 1 N–H and O–H groups in total. The van der Waals surface area contributed by atoms with E-state index >= 15 is 0 Å². The molecule has 0 amide bonds. The largest absolute Gasteiger partial charge is 0.468 e. The van der Waals surface area contributed by atoms with Crippen molar-refractivity contribution in [3.8, 4) is 0 Å². The number of hydrogen-bond donors (Lipinski definition) is 1. The Morgan fingerprint density at radius 1 is 1.22 bits per heavy atom. The molecule has 0 aromatic rings. The first kappa shape index (κ1) is 23.6. The van der Waals surface area contributed by atoms with E-state index in [4.69, 9.17) is 4.74 Å². The van der Waals surface area contributed by atoms with Crippen molar-refractivity contribution in [1.82, 2.24) is 5.32 Å². The summed E-state index contributed by atoms with van der Waals surface area (Å²) < 4.78 is 4.71. The number of carbonyl (C=O) groups excluding carboxylic acids is 2. The third-order valence-electron chi connectivity index (χ3n) is 5.41. The van der Waals surface area contributed by atoms with Crippen LogP contribution in [0.25, 0.3) is 0 Å². The maximum atomic E-state index is 12.6. The lowest BCUT2D eigenvalue weighted by Crippen LogP contribution is -2.29. The molecule has 0 aromatic heterocycles. The highest BCUT2D eigenvalue weighted by atomic mass is 16.5. The molecule has 2 atom stereocenters. The third kappa shape index (κ3) is 11.8. The maximum absolute atomic E-state index is 12.6. The SMILES string of the molecule is C=CCC(/C=C(\C)CCCOC=O)C(=O)CCCCCCC1CCCNC1. The van der Waals surface area contributed by atoms with Gasteiger partial charge in [0.1, 0.15) is 5.78 Å². The minimum Gasteiger partial charge on any atom is -0.468 e. The van der Waals surface area contributed by atoms with Crippen molar-refractivity contribution in [2.45, 2.75) is 77.6 Å². The number of piperidine rings is 1. The quantitative estimate of drug-likeness (QED) is 0.234. The van der Waals surface area contributed by atoms with E-state index in [1.54, 1.807) is 0 Å². The number of Topliss-reactive ketones (excluding diaryl/α,β-unsaturated/α-hetero) is 1. The van der Waals surface area contributed by atoms with Crippen LogP contribution in [0.4, 0.5) is 0 Å². The van der Waals surface area contributed by atoms with Gasteiger partial charge in [0.2, 0.25) is 0 Å². The lowest BCUT2D eigenvalue weighted by molar-refractivity contribution is -0.128. The molecule has 0 aromatic carbocycles. The Morgan fingerprint density at radius 2 is 2.04 bits per heavy atom. The van der Waals surface area contributed by atoms with Gasteiger partial charge in [0.05, 0.1) is 6.61 Å². The van der Waals surface area contributed by atoms with E-state index in [0.717, 1.165) is 31.6 Å². The fraction of sp³-hybridized carbons (Fsp3) is 0.739. The second-order valence-corrected chi connectivity index (χ2v) is 7.85. The molecule has 0 radical (unpaired) electrons. The maximum Gasteiger partial charge on any atom is 0.293 e. The fourth-order valence-electron chi connectivity index (χ4n) is 3.82. The molecule has 154 valence electrons. The van der Waals surface area contributed by atoms with Crippen LogP contribution in [0.15, 0.2) is 24.3 Å². The zero-order chi connectivity index (χ0) is 19.7. The van der Waals surface area contributed by atoms with Crippen molar-refractivity contribution < 1.29 is 14.3 Å². The highest BCUT2D eigenvalue weighted by Gasteiger charge is 2.15. The Balaban J connectivity index is 2.20. The molecule has 2 unspecified atom stereocenters. The van der Waals surface area contributed by atoms with Gasteiger partial charge in [0.15, 0.2) is 0 Å². The summed E-state index contributed by atoms with van der Waals surface area (Å²) in [6.07, 6.45) is 15.6. The first-order chi connectivity index (χ1) is 13.2. The molecule has 1 saturated heterocycles. The second kappa shape index (κ2) is 15.6. The molecule has 1 heterocycles. The van der Waals surface area contributed by atoms with Gasteiger partial charge in [-0.15, -0.1) is 6.58 Å². The van der Waals surface area contributed by atoms with Gasteiger partial charge in [-0.05, 0) is 70.9 Å². The van der Waals surface area contributed by atoms with E-state index in [-0.39, 0.29) is 5.92 Å². The van der Waals surface area contributed by atoms with Gasteiger partial charge >= 0.3 is 0 Å². The first-order valence-corrected chi connectivity index (χ1v) is 10.7. The van der Waals surface area contributed by atoms with E-state index in [9.17, 15) is 9.59 Å². The van der Waals surface area contributed by atoms with Crippen molar-refractivity contribution in [2.75, 3.05) is 19.7 Å². The van der Waals surface area contributed by atoms with Gasteiger partial charge in [-0.25, -0.2) is 0 Å². The Labute approximate surface area is 165 Å². The van der Waals surface area contributed by atoms with E-state index < -0.39 is 0 Å². The van der Waals surface area contributed by atoms with Gasteiger partial charge in [-0.1, -0.05) is 37.0 Å². The van der Waals surface area contributed by atoms with Crippen LogP contribution >= 0.6 is 0 Å². The normalized spacial score (nSPS) is 18.7. The number of carbonyl (C=O) groups is 2. The predicted octanol–water partition coefficient (Wildman–Crippen LogP) is 4.99. The van der Waals surface area contributed by atoms with Gasteiger partial charge in [0.25, 0.3) is 6.47 Å². The number of hydrogen-bond acceptors (Lipinski definition) is 4. The molecule has 0 aliphatic carbocycles. The molecular formula is C23H39NO3. The minimum absolute atomic E-state index is 0.0530. The van der Waals surface area contributed by atoms with Gasteiger partial charge in [-0.3, -0.25) is 9.59 Å². The molecule has 1 fully saturated rings. The summed E-state index contributed by atoms with van der Waals surface area (Å²) in [4.78, 5) is 22.7. The number of ketones is 1. The Morgan fingerprint density at radius 3 is 2.74 bits per heavy atom. The monoisotopic (exact) mass is 377 g/mol. The summed E-state index contributed by atoms with van der Waals surface area (Å²) in [6, 6.07) is 0. The van der Waals surface area contributed by atoms with Crippen LogP contribution in [-0.4, -0.2) is 32.0 Å². The smallest absolute Gasteiger partial charge is 0.293 e. The van der Waals surface area contributed by atoms with Gasteiger partial charge in [0, 0.05) is 12.3 Å². The second-order valence-electron chi connectivity index (χ2n) is 7.85. The number of unbranched alkanes of at least 4 members (excludes halogenated alkanes) is 3. The zero-order valence-corrected chi connectivity index (χ0v) is 17.2. The van der Waals surface area contributed by atoms with Crippen LogP contribution in [0, 0.1) is 11.8 Å². The zero-order valence-electron chi connectivity index (χ0n) is 17.2. The van der Waals surface area contributed by atoms with Crippen LogP contribution < -0.4 is 5.32 Å². The Hall–Kier alpha value is -1.42. The van der Waals surface area contributed by atoms with Crippen LogP contribution in [-0.2, 0) is 14.3 Å². The van der Waals surface area contributed by atoms with Crippen LogP contribution in [0.2, 0.25) is 0 Å². The summed E-state index contributed by atoms with van der Waals surface area (Å²) in [5, 5.41) is 3.48. The Bertz CT molecular complexity index is 453. The summed E-state index contributed by atoms with van der Waals surface area (Å²) >= 11 is 0. The summed E-state index contributed by atoms with van der Waals surface area (Å²) in [5.41, 5.74) is 1.19. The lowest BCUT2D eigenvalue weighted by atomic mass is 9.91. The predicted molar refractivity (Wildman–Crippen MR) is 112 cm³/mol. The average molecular weight is 378 g/mol. The molecule has 1 aliphatic heterocycles. The van der Waals surface area contributed by atoms with Crippen molar-refractivity contribution in [1.29, 1.82) is 0 Å². The molecule has 1 rings (SSSR count). The molecule has 4 nitrogen and oxygen atoms in total. The number of nitrogens with one attached hydrogen (secondary N) is 1. The Kier molecular flexibility index (Phi) is 13.7. The summed E-state index contributed by atoms with van der Waals surface area (Å²) in [6.45, 7) is 9.13. The van der Waals surface area contributed by atoms with E-state index in [2.05, 4.69) is 18.0 Å². The van der Waals surface area contributed by atoms with Gasteiger partial charge < -0.3 is 10.1 Å². The minimum atomic E-state index is -0.0530. The molecule has 4 heteroatoms. The van der Waals surface area contributed by atoms with Crippen molar-refractivity contribution in [3.05, 3.63) is 24.3 Å². The molecule has 27 heavy (non-hydrogen) atoms. The van der Waals surface area contributed by atoms with Crippen molar-refractivity contribution >= 4 is 12.3 Å².